The van der Waals surface area contributed by atoms with Crippen LogP contribution in [0, 0.1) is 0 Å². The fourth-order valence-electron chi connectivity index (χ4n) is 1.61. The first-order chi connectivity index (χ1) is 6.42. The number of nitrogens with zero attached hydrogens (tertiary/aromatic N) is 1. The second-order valence-corrected chi connectivity index (χ2v) is 4.83. The van der Waals surface area contributed by atoms with Gasteiger partial charge in [0.25, 0.3) is 0 Å². The zero-order valence-corrected chi connectivity index (χ0v) is 9.58. The van der Waals surface area contributed by atoms with E-state index in [0.29, 0.717) is 6.04 Å². The monoisotopic (exact) mass is 202 g/mol. The number of ether oxygens (including phenoxy) is 1. The molecule has 0 amide bonds. The molecule has 4 heteroatoms. The minimum absolute atomic E-state index is 0.294. The molecule has 1 rings (SSSR count). The van der Waals surface area contributed by atoms with Gasteiger partial charge in [-0.3, -0.25) is 4.90 Å². The fraction of sp³-hybridized carbons (Fsp3) is 1.00. The third-order valence-electron chi connectivity index (χ3n) is 2.40. The van der Waals surface area contributed by atoms with Gasteiger partial charge in [0.1, 0.15) is 0 Å². The number of hydrogen-bond donors (Lipinski definition) is 2. The lowest BCUT2D eigenvalue weighted by Crippen LogP contribution is -2.41. The molecule has 0 bridgehead atoms. The number of nitrogens with one attached hydrogen (secondary N) is 1. The van der Waals surface area contributed by atoms with Crippen molar-refractivity contribution in [1.29, 1.82) is 0 Å². The first kappa shape index (κ1) is 11.9. The van der Waals surface area contributed by atoms with Crippen LogP contribution in [-0.2, 0) is 4.74 Å². The number of likely N-dealkylation sites (tertiary alicyclic amines) is 1. The summed E-state index contributed by atoms with van der Waals surface area (Å²) in [6, 6.07) is 0.480. The predicted octanol–water partition coefficient (Wildman–Crippen LogP) is 0.371. The van der Waals surface area contributed by atoms with E-state index in [1.165, 1.54) is 0 Å². The number of likely N-dealkylation sites (N-methyl/N-ethyl adjacent to an activating group) is 1. The summed E-state index contributed by atoms with van der Waals surface area (Å²) >= 11 is 0. The van der Waals surface area contributed by atoms with Crippen molar-refractivity contribution in [1.82, 2.24) is 10.2 Å². The van der Waals surface area contributed by atoms with Gasteiger partial charge in [-0.05, 0) is 34.2 Å². The molecule has 4 nitrogen and oxygen atoms in total. The summed E-state index contributed by atoms with van der Waals surface area (Å²) in [6.07, 6.45) is 0.300. The standard InChI is InChI=1S/C10H22N2O2/c1-10(2,3)14-9(13)12-6-5-8(7-12)11-4/h8-9,11,13H,5-7H2,1-4H3/t8-,9?/m0/s1. The lowest BCUT2D eigenvalue weighted by molar-refractivity contribution is -0.234. The summed E-state index contributed by atoms with van der Waals surface area (Å²) < 4.78 is 5.47. The van der Waals surface area contributed by atoms with E-state index in [9.17, 15) is 5.11 Å². The predicted molar refractivity (Wildman–Crippen MR) is 55.9 cm³/mol. The smallest absolute Gasteiger partial charge is 0.216 e. The van der Waals surface area contributed by atoms with Crippen LogP contribution in [0.4, 0.5) is 0 Å². The zero-order chi connectivity index (χ0) is 10.8. The largest absolute Gasteiger partial charge is 0.356 e. The first-order valence-corrected chi connectivity index (χ1v) is 5.19. The van der Waals surface area contributed by atoms with Crippen LogP contribution in [0.25, 0.3) is 0 Å². The molecule has 0 aromatic rings. The van der Waals surface area contributed by atoms with Crippen molar-refractivity contribution in [2.45, 2.75) is 45.2 Å². The topological polar surface area (TPSA) is 44.7 Å². The number of aliphatic hydroxyl groups is 1. The maximum atomic E-state index is 9.77. The second-order valence-electron chi connectivity index (χ2n) is 4.83. The minimum atomic E-state index is -0.770. The summed E-state index contributed by atoms with van der Waals surface area (Å²) in [6.45, 7) is 7.59. The van der Waals surface area contributed by atoms with E-state index in [-0.39, 0.29) is 5.60 Å². The van der Waals surface area contributed by atoms with Crippen LogP contribution >= 0.6 is 0 Å². The first-order valence-electron chi connectivity index (χ1n) is 5.19. The van der Waals surface area contributed by atoms with Crippen LogP contribution < -0.4 is 5.32 Å². The molecule has 0 spiro atoms. The van der Waals surface area contributed by atoms with Crippen LogP contribution in [0.5, 0.6) is 0 Å². The van der Waals surface area contributed by atoms with Gasteiger partial charge in [0, 0.05) is 19.1 Å². The highest BCUT2D eigenvalue weighted by Crippen LogP contribution is 2.16. The maximum absolute atomic E-state index is 9.77. The van der Waals surface area contributed by atoms with Crippen LogP contribution in [0.15, 0.2) is 0 Å². The van der Waals surface area contributed by atoms with E-state index in [0.717, 1.165) is 19.5 Å². The highest BCUT2D eigenvalue weighted by atomic mass is 16.6. The molecular formula is C10H22N2O2. The molecule has 2 N–H and O–H groups in total. The van der Waals surface area contributed by atoms with Crippen molar-refractivity contribution >= 4 is 0 Å². The van der Waals surface area contributed by atoms with E-state index < -0.39 is 6.41 Å². The highest BCUT2D eigenvalue weighted by Gasteiger charge is 2.29. The Kier molecular flexibility index (Phi) is 3.89. The molecule has 1 unspecified atom stereocenters. The Bertz CT molecular complexity index is 179. The van der Waals surface area contributed by atoms with E-state index in [4.69, 9.17) is 4.74 Å². The van der Waals surface area contributed by atoms with Crippen molar-refractivity contribution in [2.24, 2.45) is 0 Å². The molecular weight excluding hydrogens is 180 g/mol. The molecule has 14 heavy (non-hydrogen) atoms. The molecule has 2 atom stereocenters. The number of rotatable bonds is 3. The summed E-state index contributed by atoms with van der Waals surface area (Å²) in [7, 11) is 1.95. The summed E-state index contributed by atoms with van der Waals surface area (Å²) in [5.41, 5.74) is -0.294. The molecule has 0 aliphatic carbocycles. The zero-order valence-electron chi connectivity index (χ0n) is 9.58. The molecule has 84 valence electrons. The van der Waals surface area contributed by atoms with Crippen LogP contribution in [0.1, 0.15) is 27.2 Å². The van der Waals surface area contributed by atoms with E-state index in [2.05, 4.69) is 5.32 Å². The Morgan fingerprint density at radius 3 is 2.57 bits per heavy atom. The SMILES string of the molecule is CN[C@H]1CCN(C(O)OC(C)(C)C)C1. The average molecular weight is 202 g/mol. The normalized spacial score (nSPS) is 26.8. The summed E-state index contributed by atoms with van der Waals surface area (Å²) in [5, 5.41) is 13.0. The number of hydrogen-bond acceptors (Lipinski definition) is 4. The van der Waals surface area contributed by atoms with Gasteiger partial charge in [-0.2, -0.15) is 0 Å². The molecule has 0 aromatic heterocycles. The van der Waals surface area contributed by atoms with Crippen LogP contribution in [0.3, 0.4) is 0 Å². The molecule has 0 saturated carbocycles. The highest BCUT2D eigenvalue weighted by molar-refractivity contribution is 4.79. The molecule has 1 saturated heterocycles. The fourth-order valence-corrected chi connectivity index (χ4v) is 1.61. The van der Waals surface area contributed by atoms with Crippen LogP contribution in [-0.4, -0.2) is 48.2 Å². The Balaban J connectivity index is 2.35. The van der Waals surface area contributed by atoms with E-state index in [1.54, 1.807) is 0 Å². The Labute approximate surface area is 86.2 Å². The Morgan fingerprint density at radius 1 is 1.50 bits per heavy atom. The van der Waals surface area contributed by atoms with Gasteiger partial charge in [0.15, 0.2) is 0 Å². The quantitative estimate of drug-likeness (QED) is 0.649. The molecule has 1 aliphatic rings. The lowest BCUT2D eigenvalue weighted by Gasteiger charge is -2.29. The lowest BCUT2D eigenvalue weighted by atomic mass is 10.2. The summed E-state index contributed by atoms with van der Waals surface area (Å²) in [4.78, 5) is 1.95. The minimum Gasteiger partial charge on any atom is -0.356 e. The molecule has 1 fully saturated rings. The third-order valence-corrected chi connectivity index (χ3v) is 2.40. The van der Waals surface area contributed by atoms with Gasteiger partial charge in [-0.25, -0.2) is 0 Å². The van der Waals surface area contributed by atoms with Gasteiger partial charge in [0.2, 0.25) is 6.41 Å². The molecule has 0 radical (unpaired) electrons. The summed E-state index contributed by atoms with van der Waals surface area (Å²) in [5.74, 6) is 0. The molecule has 0 aromatic carbocycles. The van der Waals surface area contributed by atoms with Crippen molar-refractivity contribution < 1.29 is 9.84 Å². The van der Waals surface area contributed by atoms with Gasteiger partial charge in [-0.1, -0.05) is 0 Å². The van der Waals surface area contributed by atoms with Crippen molar-refractivity contribution in [3.05, 3.63) is 0 Å². The van der Waals surface area contributed by atoms with Gasteiger partial charge in [0.05, 0.1) is 5.60 Å². The Hall–Kier alpha value is -0.160. The molecule has 1 aliphatic heterocycles. The number of aliphatic hydroxyl groups excluding tert-OH is 1. The van der Waals surface area contributed by atoms with Crippen molar-refractivity contribution in [3.63, 3.8) is 0 Å². The van der Waals surface area contributed by atoms with Gasteiger partial charge in [-0.15, -0.1) is 0 Å². The van der Waals surface area contributed by atoms with E-state index >= 15 is 0 Å². The van der Waals surface area contributed by atoms with Gasteiger partial charge >= 0.3 is 0 Å². The molecule has 1 heterocycles. The Morgan fingerprint density at radius 2 is 2.14 bits per heavy atom. The van der Waals surface area contributed by atoms with Crippen molar-refractivity contribution in [3.8, 4) is 0 Å². The van der Waals surface area contributed by atoms with Crippen molar-refractivity contribution in [2.75, 3.05) is 20.1 Å². The average Bonchev–Trinajstić information content (AvgIpc) is 2.48. The van der Waals surface area contributed by atoms with Crippen LogP contribution in [0.2, 0.25) is 0 Å². The maximum Gasteiger partial charge on any atom is 0.216 e. The third kappa shape index (κ3) is 3.53. The van der Waals surface area contributed by atoms with Gasteiger partial charge < -0.3 is 15.2 Å². The second kappa shape index (κ2) is 4.57. The van der Waals surface area contributed by atoms with E-state index in [1.807, 2.05) is 32.7 Å².